The van der Waals surface area contributed by atoms with Crippen LogP contribution in [0.5, 0.6) is 5.75 Å². The van der Waals surface area contributed by atoms with Crippen molar-refractivity contribution in [2.24, 2.45) is 5.10 Å². The predicted molar refractivity (Wildman–Crippen MR) is 142 cm³/mol. The normalized spacial score (nSPS) is 11.2. The van der Waals surface area contributed by atoms with Gasteiger partial charge in [-0.2, -0.15) is 10.2 Å². The maximum Gasteiger partial charge on any atom is 0.275 e. The van der Waals surface area contributed by atoms with Crippen molar-refractivity contribution in [1.82, 2.24) is 15.2 Å². The molecule has 0 unspecified atom stereocenters. The summed E-state index contributed by atoms with van der Waals surface area (Å²) >= 11 is 0. The van der Waals surface area contributed by atoms with Crippen molar-refractivity contribution in [2.75, 3.05) is 7.11 Å². The first-order valence-corrected chi connectivity index (χ1v) is 11.5. The minimum Gasteiger partial charge on any atom is -0.497 e. The third-order valence-electron chi connectivity index (χ3n) is 5.71. The molecule has 0 radical (unpaired) electrons. The van der Waals surface area contributed by atoms with Gasteiger partial charge in [-0.15, -0.1) is 0 Å². The van der Waals surface area contributed by atoms with Crippen molar-refractivity contribution in [3.63, 3.8) is 0 Å². The van der Waals surface area contributed by atoms with E-state index in [2.05, 4.69) is 10.5 Å². The SMILES string of the molecule is COc1ccc(/C(=N\NC(=O)c2cn(-c3ccccc3)nc2-c2ccccc2)c2ccccc2)cc1. The molecule has 1 N–H and O–H groups in total. The Morgan fingerprint density at radius 3 is 2.00 bits per heavy atom. The van der Waals surface area contributed by atoms with Crippen LogP contribution in [0.1, 0.15) is 21.5 Å². The van der Waals surface area contributed by atoms with E-state index in [1.165, 1.54) is 0 Å². The zero-order valence-electron chi connectivity index (χ0n) is 19.7. The molecule has 0 aliphatic rings. The van der Waals surface area contributed by atoms with Gasteiger partial charge in [-0.05, 0) is 36.4 Å². The van der Waals surface area contributed by atoms with Crippen LogP contribution in [0.3, 0.4) is 0 Å². The number of nitrogens with one attached hydrogen (secondary N) is 1. The average molecular weight is 473 g/mol. The van der Waals surface area contributed by atoms with Crippen LogP contribution in [0, 0.1) is 0 Å². The fourth-order valence-electron chi connectivity index (χ4n) is 3.87. The topological polar surface area (TPSA) is 68.5 Å². The van der Waals surface area contributed by atoms with Crippen LogP contribution in [0.2, 0.25) is 0 Å². The number of amides is 1. The van der Waals surface area contributed by atoms with Crippen LogP contribution >= 0.6 is 0 Å². The van der Waals surface area contributed by atoms with Crippen molar-refractivity contribution in [1.29, 1.82) is 0 Å². The van der Waals surface area contributed by atoms with E-state index in [-0.39, 0.29) is 5.91 Å². The van der Waals surface area contributed by atoms with Crippen LogP contribution in [0.4, 0.5) is 0 Å². The zero-order valence-corrected chi connectivity index (χ0v) is 19.7. The van der Waals surface area contributed by atoms with E-state index in [1.807, 2.05) is 115 Å². The number of carbonyl (C=O) groups excluding carboxylic acids is 1. The van der Waals surface area contributed by atoms with Gasteiger partial charge < -0.3 is 4.74 Å². The quantitative estimate of drug-likeness (QED) is 0.243. The standard InChI is InChI=1S/C30H24N4O2/c1-36-26-19-17-24(18-20-26)28(22-11-5-2-6-12-22)31-32-30(35)27-21-34(25-15-9-4-10-16-25)33-29(27)23-13-7-3-8-14-23/h2-21H,1H3,(H,32,35)/b31-28-. The summed E-state index contributed by atoms with van der Waals surface area (Å²) in [4.78, 5) is 13.5. The third-order valence-corrected chi connectivity index (χ3v) is 5.71. The van der Waals surface area contributed by atoms with Crippen LogP contribution in [-0.2, 0) is 0 Å². The summed E-state index contributed by atoms with van der Waals surface area (Å²) in [7, 11) is 1.63. The number of benzene rings is 4. The van der Waals surface area contributed by atoms with Gasteiger partial charge in [0.05, 0.1) is 24.1 Å². The number of ether oxygens (including phenoxy) is 1. The first kappa shape index (κ1) is 22.8. The molecule has 0 atom stereocenters. The summed E-state index contributed by atoms with van der Waals surface area (Å²) in [5, 5.41) is 9.28. The largest absolute Gasteiger partial charge is 0.497 e. The minimum absolute atomic E-state index is 0.349. The second kappa shape index (κ2) is 10.5. The highest BCUT2D eigenvalue weighted by atomic mass is 16.5. The first-order valence-electron chi connectivity index (χ1n) is 11.5. The van der Waals surface area contributed by atoms with Gasteiger partial charge in [-0.3, -0.25) is 4.79 Å². The molecular weight excluding hydrogens is 448 g/mol. The highest BCUT2D eigenvalue weighted by Crippen LogP contribution is 2.24. The lowest BCUT2D eigenvalue weighted by Crippen LogP contribution is -2.21. The Morgan fingerprint density at radius 2 is 1.36 bits per heavy atom. The van der Waals surface area contributed by atoms with Gasteiger partial charge in [0.1, 0.15) is 11.4 Å². The van der Waals surface area contributed by atoms with Crippen molar-refractivity contribution < 1.29 is 9.53 Å². The Hall–Kier alpha value is -4.97. The predicted octanol–water partition coefficient (Wildman–Crippen LogP) is 5.73. The van der Waals surface area contributed by atoms with E-state index in [9.17, 15) is 4.79 Å². The monoisotopic (exact) mass is 472 g/mol. The number of hydrogen-bond acceptors (Lipinski definition) is 4. The minimum atomic E-state index is -0.349. The number of hydrogen-bond donors (Lipinski definition) is 1. The van der Waals surface area contributed by atoms with Crippen molar-refractivity contribution in [3.8, 4) is 22.7 Å². The van der Waals surface area contributed by atoms with E-state index < -0.39 is 0 Å². The molecule has 5 aromatic rings. The molecule has 0 aliphatic carbocycles. The van der Waals surface area contributed by atoms with E-state index in [0.29, 0.717) is 17.0 Å². The third kappa shape index (κ3) is 4.93. The number of rotatable bonds is 7. The summed E-state index contributed by atoms with van der Waals surface area (Å²) in [5.74, 6) is 0.397. The van der Waals surface area contributed by atoms with Crippen LogP contribution in [-0.4, -0.2) is 28.5 Å². The van der Waals surface area contributed by atoms with Gasteiger partial charge in [0, 0.05) is 22.9 Å². The maximum absolute atomic E-state index is 13.5. The molecule has 176 valence electrons. The fourth-order valence-corrected chi connectivity index (χ4v) is 3.87. The smallest absolute Gasteiger partial charge is 0.275 e. The Morgan fingerprint density at radius 1 is 0.778 bits per heavy atom. The number of carbonyl (C=O) groups is 1. The highest BCUT2D eigenvalue weighted by molar-refractivity contribution is 6.13. The molecule has 0 spiro atoms. The van der Waals surface area contributed by atoms with Crippen molar-refractivity contribution in [3.05, 3.63) is 138 Å². The molecule has 6 nitrogen and oxygen atoms in total. The lowest BCUT2D eigenvalue weighted by Gasteiger charge is -2.09. The molecule has 6 heteroatoms. The summed E-state index contributed by atoms with van der Waals surface area (Å²) in [6, 6.07) is 36.7. The van der Waals surface area contributed by atoms with E-state index >= 15 is 0 Å². The van der Waals surface area contributed by atoms with Gasteiger partial charge in [-0.1, -0.05) is 78.9 Å². The van der Waals surface area contributed by atoms with Gasteiger partial charge in [0.2, 0.25) is 0 Å². The summed E-state index contributed by atoms with van der Waals surface area (Å²) < 4.78 is 7.00. The second-order valence-corrected chi connectivity index (χ2v) is 8.03. The molecule has 36 heavy (non-hydrogen) atoms. The molecule has 0 bridgehead atoms. The molecule has 0 fully saturated rings. The van der Waals surface area contributed by atoms with Crippen molar-refractivity contribution in [2.45, 2.75) is 0 Å². The molecule has 1 heterocycles. The molecule has 1 aromatic heterocycles. The number of aromatic nitrogens is 2. The highest BCUT2D eigenvalue weighted by Gasteiger charge is 2.19. The lowest BCUT2D eigenvalue weighted by atomic mass is 10.0. The Balaban J connectivity index is 1.53. The van der Waals surface area contributed by atoms with Gasteiger partial charge in [0.25, 0.3) is 5.91 Å². The number of methoxy groups -OCH3 is 1. The number of hydrazone groups is 1. The average Bonchev–Trinajstić information content (AvgIpc) is 3.41. The molecule has 5 rings (SSSR count). The van der Waals surface area contributed by atoms with Crippen molar-refractivity contribution >= 4 is 11.6 Å². The van der Waals surface area contributed by atoms with Crippen LogP contribution < -0.4 is 10.2 Å². The molecule has 1 amide bonds. The molecule has 0 aliphatic heterocycles. The second-order valence-electron chi connectivity index (χ2n) is 8.03. The Labute approximate surface area is 209 Å². The molecule has 0 saturated heterocycles. The van der Waals surface area contributed by atoms with E-state index in [4.69, 9.17) is 9.84 Å². The lowest BCUT2D eigenvalue weighted by molar-refractivity contribution is 0.0955. The Kier molecular flexibility index (Phi) is 6.67. The summed E-state index contributed by atoms with van der Waals surface area (Å²) in [6.45, 7) is 0. The Bertz CT molecular complexity index is 1480. The van der Waals surface area contributed by atoms with Crippen LogP contribution in [0.15, 0.2) is 127 Å². The molecule has 4 aromatic carbocycles. The van der Waals surface area contributed by atoms with Crippen LogP contribution in [0.25, 0.3) is 16.9 Å². The number of para-hydroxylation sites is 1. The van der Waals surface area contributed by atoms with Gasteiger partial charge in [0.15, 0.2) is 0 Å². The summed E-state index contributed by atoms with van der Waals surface area (Å²) in [5.41, 5.74) is 7.86. The molecular formula is C30H24N4O2. The van der Waals surface area contributed by atoms with Gasteiger partial charge in [-0.25, -0.2) is 10.1 Å². The fraction of sp³-hybridized carbons (Fsp3) is 0.0333. The zero-order chi connectivity index (χ0) is 24.7. The van der Waals surface area contributed by atoms with E-state index in [1.54, 1.807) is 18.0 Å². The maximum atomic E-state index is 13.5. The molecule has 0 saturated carbocycles. The first-order chi connectivity index (χ1) is 17.7. The van der Waals surface area contributed by atoms with Gasteiger partial charge >= 0.3 is 0 Å². The van der Waals surface area contributed by atoms with E-state index in [0.717, 1.165) is 28.1 Å². The summed E-state index contributed by atoms with van der Waals surface area (Å²) in [6.07, 6.45) is 1.73. The number of nitrogens with zero attached hydrogens (tertiary/aromatic N) is 3.